The molecule has 2 N–H and O–H groups in total. The van der Waals surface area contributed by atoms with E-state index < -0.39 is 5.97 Å². The highest BCUT2D eigenvalue weighted by atomic mass is 32.2. The quantitative estimate of drug-likeness (QED) is 0.539. The Morgan fingerprint density at radius 1 is 1.24 bits per heavy atom. The first-order chi connectivity index (χ1) is 12.0. The second-order valence-electron chi connectivity index (χ2n) is 5.62. The van der Waals surface area contributed by atoms with Crippen molar-refractivity contribution in [3.05, 3.63) is 64.1 Å². The van der Waals surface area contributed by atoms with Crippen LogP contribution in [0.3, 0.4) is 0 Å². The van der Waals surface area contributed by atoms with E-state index in [0.29, 0.717) is 11.0 Å². The van der Waals surface area contributed by atoms with Gasteiger partial charge in [0, 0.05) is 17.1 Å². The van der Waals surface area contributed by atoms with E-state index in [4.69, 9.17) is 0 Å². The summed E-state index contributed by atoms with van der Waals surface area (Å²) in [4.78, 5) is 16.0. The van der Waals surface area contributed by atoms with Crippen LogP contribution in [0.2, 0.25) is 0 Å². The zero-order valence-corrected chi connectivity index (χ0v) is 15.0. The standard InChI is InChI=1S/C18H18N4O2S/c1-11-9-14(12(2)22(11)15-7-5-4-6-8-15)10-16(17(23)24)25-18-19-13(3)20-21-18/h4-10H,1-3H3,(H,23,24)(H,19,20,21)/b16-10-. The molecule has 0 unspecified atom stereocenters. The molecule has 6 nitrogen and oxygen atoms in total. The maximum absolute atomic E-state index is 11.6. The van der Waals surface area contributed by atoms with Crippen LogP contribution >= 0.6 is 11.8 Å². The van der Waals surface area contributed by atoms with E-state index >= 15 is 0 Å². The van der Waals surface area contributed by atoms with Gasteiger partial charge in [-0.2, -0.15) is 0 Å². The molecule has 2 aromatic heterocycles. The van der Waals surface area contributed by atoms with Gasteiger partial charge in [-0.25, -0.2) is 9.78 Å². The molecule has 0 aliphatic carbocycles. The second-order valence-corrected chi connectivity index (χ2v) is 6.63. The Bertz CT molecular complexity index is 941. The van der Waals surface area contributed by atoms with Crippen molar-refractivity contribution in [2.45, 2.75) is 25.9 Å². The number of rotatable bonds is 5. The van der Waals surface area contributed by atoms with Crippen LogP contribution in [-0.4, -0.2) is 30.8 Å². The minimum atomic E-state index is -1.00. The Morgan fingerprint density at radius 2 is 1.96 bits per heavy atom. The first-order valence-electron chi connectivity index (χ1n) is 7.72. The molecular weight excluding hydrogens is 336 g/mol. The molecule has 0 radical (unpaired) electrons. The maximum atomic E-state index is 11.6. The Labute approximate surface area is 149 Å². The summed E-state index contributed by atoms with van der Waals surface area (Å²) in [6.07, 6.45) is 1.67. The highest BCUT2D eigenvalue weighted by molar-refractivity contribution is 8.04. The number of nitrogens with zero attached hydrogens (tertiary/aromatic N) is 3. The van der Waals surface area contributed by atoms with E-state index in [-0.39, 0.29) is 4.91 Å². The molecule has 1 aromatic carbocycles. The zero-order valence-electron chi connectivity index (χ0n) is 14.1. The molecule has 2 heterocycles. The monoisotopic (exact) mass is 354 g/mol. The van der Waals surface area contributed by atoms with Gasteiger partial charge in [-0.15, -0.1) is 5.10 Å². The molecule has 25 heavy (non-hydrogen) atoms. The third-order valence-corrected chi connectivity index (χ3v) is 4.64. The summed E-state index contributed by atoms with van der Waals surface area (Å²) >= 11 is 1.03. The van der Waals surface area contributed by atoms with E-state index in [9.17, 15) is 9.90 Å². The summed E-state index contributed by atoms with van der Waals surface area (Å²) in [6, 6.07) is 12.0. The Morgan fingerprint density at radius 3 is 2.56 bits per heavy atom. The average molecular weight is 354 g/mol. The summed E-state index contributed by atoms with van der Waals surface area (Å²) in [5, 5.41) is 16.6. The largest absolute Gasteiger partial charge is 0.477 e. The van der Waals surface area contributed by atoms with Gasteiger partial charge in [0.1, 0.15) is 10.7 Å². The molecule has 0 saturated heterocycles. The number of aromatic amines is 1. The van der Waals surface area contributed by atoms with Gasteiger partial charge in [0.25, 0.3) is 0 Å². The van der Waals surface area contributed by atoms with Gasteiger partial charge < -0.3 is 9.67 Å². The third-order valence-electron chi connectivity index (χ3n) is 3.76. The number of aryl methyl sites for hydroxylation is 2. The van der Waals surface area contributed by atoms with Crippen molar-refractivity contribution < 1.29 is 9.90 Å². The number of hydrogen-bond donors (Lipinski definition) is 2. The molecule has 0 fully saturated rings. The number of carbonyl (C=O) groups is 1. The molecule has 0 bridgehead atoms. The maximum Gasteiger partial charge on any atom is 0.342 e. The van der Waals surface area contributed by atoms with Crippen molar-refractivity contribution in [1.82, 2.24) is 19.7 Å². The summed E-state index contributed by atoms with van der Waals surface area (Å²) in [5.41, 5.74) is 3.93. The summed E-state index contributed by atoms with van der Waals surface area (Å²) in [6.45, 7) is 5.76. The van der Waals surface area contributed by atoms with Crippen LogP contribution in [0, 0.1) is 20.8 Å². The molecule has 128 valence electrons. The van der Waals surface area contributed by atoms with Crippen molar-refractivity contribution in [2.75, 3.05) is 0 Å². The van der Waals surface area contributed by atoms with E-state index in [0.717, 1.165) is 34.4 Å². The first kappa shape index (κ1) is 17.0. The van der Waals surface area contributed by atoms with E-state index in [1.807, 2.05) is 50.2 Å². The molecule has 0 spiro atoms. The van der Waals surface area contributed by atoms with Crippen molar-refractivity contribution in [3.8, 4) is 5.69 Å². The van der Waals surface area contributed by atoms with Gasteiger partial charge in [0.15, 0.2) is 0 Å². The minimum absolute atomic E-state index is 0.173. The lowest BCUT2D eigenvalue weighted by atomic mass is 10.2. The molecule has 7 heteroatoms. The number of benzene rings is 1. The summed E-state index contributed by atoms with van der Waals surface area (Å²) < 4.78 is 2.10. The van der Waals surface area contributed by atoms with E-state index in [2.05, 4.69) is 19.7 Å². The molecular formula is C18H18N4O2S. The Kier molecular flexibility index (Phi) is 4.76. The second kappa shape index (κ2) is 6.98. The molecule has 0 atom stereocenters. The highest BCUT2D eigenvalue weighted by Gasteiger charge is 2.16. The lowest BCUT2D eigenvalue weighted by Gasteiger charge is -2.09. The van der Waals surface area contributed by atoms with Crippen molar-refractivity contribution in [1.29, 1.82) is 0 Å². The first-order valence-corrected chi connectivity index (χ1v) is 8.53. The van der Waals surface area contributed by atoms with Crippen LogP contribution < -0.4 is 0 Å². The van der Waals surface area contributed by atoms with Gasteiger partial charge in [-0.1, -0.05) is 18.2 Å². The number of H-pyrrole nitrogens is 1. The molecule has 3 aromatic rings. The number of nitrogens with one attached hydrogen (secondary N) is 1. The summed E-state index contributed by atoms with van der Waals surface area (Å²) in [7, 11) is 0. The number of para-hydroxylation sites is 1. The minimum Gasteiger partial charge on any atom is -0.477 e. The lowest BCUT2D eigenvalue weighted by molar-refractivity contribution is -0.131. The van der Waals surface area contributed by atoms with Crippen LogP contribution in [0.1, 0.15) is 22.8 Å². The number of thioether (sulfide) groups is 1. The molecule has 0 aliphatic heterocycles. The number of carboxylic acids is 1. The number of aliphatic carboxylic acids is 1. The lowest BCUT2D eigenvalue weighted by Crippen LogP contribution is -1.99. The summed E-state index contributed by atoms with van der Waals surface area (Å²) in [5.74, 6) is -0.355. The highest BCUT2D eigenvalue weighted by Crippen LogP contribution is 2.28. The third kappa shape index (κ3) is 3.66. The van der Waals surface area contributed by atoms with Crippen LogP contribution in [-0.2, 0) is 4.79 Å². The van der Waals surface area contributed by atoms with E-state index in [1.54, 1.807) is 13.0 Å². The van der Waals surface area contributed by atoms with Gasteiger partial charge in [-0.3, -0.25) is 5.10 Å². The van der Waals surface area contributed by atoms with E-state index in [1.165, 1.54) is 0 Å². The van der Waals surface area contributed by atoms with Crippen LogP contribution in [0.25, 0.3) is 11.8 Å². The molecule has 3 rings (SSSR count). The van der Waals surface area contributed by atoms with Gasteiger partial charge in [0.2, 0.25) is 5.16 Å². The van der Waals surface area contributed by atoms with Crippen molar-refractivity contribution >= 4 is 23.8 Å². The van der Waals surface area contributed by atoms with Crippen LogP contribution in [0.4, 0.5) is 0 Å². The predicted molar refractivity (Wildman–Crippen MR) is 97.8 cm³/mol. The average Bonchev–Trinajstić information content (AvgIpc) is 3.11. The van der Waals surface area contributed by atoms with Crippen LogP contribution in [0.5, 0.6) is 0 Å². The fraction of sp³-hybridized carbons (Fsp3) is 0.167. The van der Waals surface area contributed by atoms with Crippen molar-refractivity contribution in [2.24, 2.45) is 0 Å². The predicted octanol–water partition coefficient (Wildman–Crippen LogP) is 3.74. The van der Waals surface area contributed by atoms with Crippen LogP contribution in [0.15, 0.2) is 46.5 Å². The SMILES string of the molecule is Cc1nc(S/C(=C\c2cc(C)n(-c3ccccc3)c2C)C(=O)O)n[nH]1. The fourth-order valence-corrected chi connectivity index (χ4v) is 3.39. The topological polar surface area (TPSA) is 83.8 Å². The molecule has 0 amide bonds. The molecule has 0 aliphatic rings. The van der Waals surface area contributed by atoms with Gasteiger partial charge in [-0.05, 0) is 62.4 Å². The Hall–Kier alpha value is -2.80. The number of aromatic nitrogens is 4. The fourth-order valence-electron chi connectivity index (χ4n) is 2.65. The van der Waals surface area contributed by atoms with Crippen molar-refractivity contribution in [3.63, 3.8) is 0 Å². The zero-order chi connectivity index (χ0) is 18.0. The smallest absolute Gasteiger partial charge is 0.342 e. The molecule has 0 saturated carbocycles. The Balaban J connectivity index is 2.00. The van der Waals surface area contributed by atoms with Gasteiger partial charge in [0.05, 0.1) is 0 Å². The van der Waals surface area contributed by atoms with Gasteiger partial charge >= 0.3 is 5.97 Å². The number of hydrogen-bond acceptors (Lipinski definition) is 4. The normalized spacial score (nSPS) is 11.7. The number of carboxylic acid groups (broad SMARTS) is 1.